The molecule has 0 spiro atoms. The highest BCUT2D eigenvalue weighted by molar-refractivity contribution is 5.49. The van der Waals surface area contributed by atoms with Gasteiger partial charge in [0.15, 0.2) is 0 Å². The number of benzene rings is 1. The number of hydrogen-bond acceptors (Lipinski definition) is 2. The van der Waals surface area contributed by atoms with E-state index < -0.39 is 11.6 Å². The lowest BCUT2D eigenvalue weighted by molar-refractivity contribution is 0.375. The molecule has 2 atom stereocenters. The van der Waals surface area contributed by atoms with Crippen LogP contribution in [0.3, 0.4) is 0 Å². The zero-order chi connectivity index (χ0) is 13.1. The third-order valence-electron chi connectivity index (χ3n) is 3.68. The molecule has 1 aromatic rings. The quantitative estimate of drug-likeness (QED) is 0.892. The number of rotatable bonds is 3. The van der Waals surface area contributed by atoms with Gasteiger partial charge in [-0.05, 0) is 25.0 Å². The maximum absolute atomic E-state index is 13.9. The fraction of sp³-hybridized carbons (Fsp3) is 0.571. The van der Waals surface area contributed by atoms with E-state index in [9.17, 15) is 8.78 Å². The van der Waals surface area contributed by atoms with Gasteiger partial charge >= 0.3 is 0 Å². The van der Waals surface area contributed by atoms with E-state index in [0.29, 0.717) is 11.7 Å². The Labute approximate surface area is 107 Å². The van der Waals surface area contributed by atoms with E-state index in [-0.39, 0.29) is 6.04 Å². The molecule has 1 aliphatic rings. The number of anilines is 1. The second-order valence-corrected chi connectivity index (χ2v) is 4.82. The predicted octanol–water partition coefficient (Wildman–Crippen LogP) is 2.93. The average Bonchev–Trinajstić information content (AvgIpc) is 2.38. The molecule has 2 unspecified atom stereocenters. The highest BCUT2D eigenvalue weighted by atomic mass is 19.1. The Kier molecular flexibility index (Phi) is 4.17. The molecule has 0 bridgehead atoms. The summed E-state index contributed by atoms with van der Waals surface area (Å²) in [6.45, 7) is 5.83. The second kappa shape index (κ2) is 5.65. The molecular formula is C14H20F2N2. The van der Waals surface area contributed by atoms with Crippen LogP contribution in [-0.2, 0) is 0 Å². The Morgan fingerprint density at radius 1 is 1.28 bits per heavy atom. The molecule has 0 aromatic heterocycles. The zero-order valence-electron chi connectivity index (χ0n) is 10.9. The smallest absolute Gasteiger partial charge is 0.149 e. The fourth-order valence-electron chi connectivity index (χ4n) is 2.51. The molecule has 1 saturated heterocycles. The molecule has 1 aromatic carbocycles. The van der Waals surface area contributed by atoms with Gasteiger partial charge in [-0.1, -0.05) is 13.8 Å². The van der Waals surface area contributed by atoms with Crippen molar-refractivity contribution in [3.8, 4) is 0 Å². The summed E-state index contributed by atoms with van der Waals surface area (Å²) in [5.74, 6) is -0.989. The first kappa shape index (κ1) is 13.3. The van der Waals surface area contributed by atoms with Crippen molar-refractivity contribution in [1.29, 1.82) is 0 Å². The van der Waals surface area contributed by atoms with E-state index in [2.05, 4.69) is 24.1 Å². The van der Waals surface area contributed by atoms with Crippen LogP contribution in [0.2, 0.25) is 0 Å². The topological polar surface area (TPSA) is 15.3 Å². The summed E-state index contributed by atoms with van der Waals surface area (Å²) < 4.78 is 26.8. The molecule has 18 heavy (non-hydrogen) atoms. The minimum atomic E-state index is -0.522. The van der Waals surface area contributed by atoms with E-state index in [0.717, 1.165) is 32.0 Å². The molecule has 2 rings (SSSR count). The van der Waals surface area contributed by atoms with Crippen LogP contribution in [0.5, 0.6) is 0 Å². The summed E-state index contributed by atoms with van der Waals surface area (Å²) in [5.41, 5.74) is 0.517. The summed E-state index contributed by atoms with van der Waals surface area (Å²) in [6, 6.07) is 4.48. The number of halogens is 2. The first-order valence-electron chi connectivity index (χ1n) is 6.60. The largest absolute Gasteiger partial charge is 0.363 e. The van der Waals surface area contributed by atoms with E-state index in [1.165, 1.54) is 6.07 Å². The minimum Gasteiger partial charge on any atom is -0.363 e. The Hall–Kier alpha value is -1.16. The van der Waals surface area contributed by atoms with Crippen LogP contribution in [-0.4, -0.2) is 25.2 Å². The molecular weight excluding hydrogens is 234 g/mol. The van der Waals surface area contributed by atoms with Crippen molar-refractivity contribution in [2.75, 3.05) is 18.0 Å². The predicted molar refractivity (Wildman–Crippen MR) is 69.9 cm³/mol. The number of nitrogens with zero attached hydrogens (tertiary/aromatic N) is 1. The van der Waals surface area contributed by atoms with Gasteiger partial charge in [0.05, 0.1) is 5.69 Å². The van der Waals surface area contributed by atoms with E-state index >= 15 is 0 Å². The molecule has 1 N–H and O–H groups in total. The second-order valence-electron chi connectivity index (χ2n) is 4.82. The standard InChI is InChI=1S/C14H20F2N2/c1-3-11-9-18(12(4-2)8-17-11)14-6-5-10(15)7-13(14)16/h5-7,11-12,17H,3-4,8-9H2,1-2H3. The Morgan fingerprint density at radius 2 is 2.06 bits per heavy atom. The van der Waals surface area contributed by atoms with Crippen molar-refractivity contribution in [1.82, 2.24) is 5.32 Å². The normalized spacial score (nSPS) is 24.3. The molecule has 2 nitrogen and oxygen atoms in total. The summed E-state index contributed by atoms with van der Waals surface area (Å²) in [4.78, 5) is 2.07. The van der Waals surface area contributed by atoms with Crippen LogP contribution < -0.4 is 10.2 Å². The highest BCUT2D eigenvalue weighted by Gasteiger charge is 2.27. The maximum atomic E-state index is 13.9. The lowest BCUT2D eigenvalue weighted by Gasteiger charge is -2.41. The number of hydrogen-bond donors (Lipinski definition) is 1. The lowest BCUT2D eigenvalue weighted by Crippen LogP contribution is -2.56. The molecule has 1 aliphatic heterocycles. The zero-order valence-corrected chi connectivity index (χ0v) is 10.9. The van der Waals surface area contributed by atoms with Crippen molar-refractivity contribution in [3.63, 3.8) is 0 Å². The van der Waals surface area contributed by atoms with Crippen molar-refractivity contribution in [3.05, 3.63) is 29.8 Å². The third kappa shape index (κ3) is 2.64. The molecule has 100 valence electrons. The van der Waals surface area contributed by atoms with Gasteiger partial charge in [-0.3, -0.25) is 0 Å². The van der Waals surface area contributed by atoms with Gasteiger partial charge in [0.1, 0.15) is 11.6 Å². The van der Waals surface area contributed by atoms with Crippen LogP contribution in [0.1, 0.15) is 26.7 Å². The fourth-order valence-corrected chi connectivity index (χ4v) is 2.51. The number of nitrogens with one attached hydrogen (secondary N) is 1. The van der Waals surface area contributed by atoms with Crippen LogP contribution in [0.4, 0.5) is 14.5 Å². The van der Waals surface area contributed by atoms with Gasteiger partial charge < -0.3 is 10.2 Å². The SMILES string of the molecule is CCC1CN(c2ccc(F)cc2F)C(CC)CN1. The first-order valence-corrected chi connectivity index (χ1v) is 6.60. The molecule has 1 fully saturated rings. The molecule has 0 saturated carbocycles. The van der Waals surface area contributed by atoms with E-state index in [1.54, 1.807) is 6.07 Å². The molecule has 1 heterocycles. The van der Waals surface area contributed by atoms with Crippen molar-refractivity contribution < 1.29 is 8.78 Å². The van der Waals surface area contributed by atoms with Crippen molar-refractivity contribution >= 4 is 5.69 Å². The van der Waals surface area contributed by atoms with Gasteiger partial charge in [0, 0.05) is 31.2 Å². The third-order valence-corrected chi connectivity index (χ3v) is 3.68. The van der Waals surface area contributed by atoms with Gasteiger partial charge in [0.25, 0.3) is 0 Å². The highest BCUT2D eigenvalue weighted by Crippen LogP contribution is 2.25. The van der Waals surface area contributed by atoms with E-state index in [4.69, 9.17) is 0 Å². The molecule has 0 radical (unpaired) electrons. The maximum Gasteiger partial charge on any atom is 0.149 e. The van der Waals surface area contributed by atoms with Crippen LogP contribution >= 0.6 is 0 Å². The van der Waals surface area contributed by atoms with Gasteiger partial charge in [-0.25, -0.2) is 8.78 Å². The summed E-state index contributed by atoms with van der Waals surface area (Å²) in [5, 5.41) is 3.46. The van der Waals surface area contributed by atoms with Crippen LogP contribution in [0.25, 0.3) is 0 Å². The van der Waals surface area contributed by atoms with Crippen molar-refractivity contribution in [2.24, 2.45) is 0 Å². The average molecular weight is 254 g/mol. The minimum absolute atomic E-state index is 0.271. The summed E-state index contributed by atoms with van der Waals surface area (Å²) in [7, 11) is 0. The van der Waals surface area contributed by atoms with Gasteiger partial charge in [0.2, 0.25) is 0 Å². The first-order chi connectivity index (χ1) is 8.65. The Morgan fingerprint density at radius 3 is 2.67 bits per heavy atom. The summed E-state index contributed by atoms with van der Waals surface area (Å²) in [6.07, 6.45) is 1.95. The van der Waals surface area contributed by atoms with Gasteiger partial charge in [-0.2, -0.15) is 0 Å². The molecule has 4 heteroatoms. The van der Waals surface area contributed by atoms with Crippen LogP contribution in [0.15, 0.2) is 18.2 Å². The van der Waals surface area contributed by atoms with Crippen LogP contribution in [0, 0.1) is 11.6 Å². The van der Waals surface area contributed by atoms with Crippen molar-refractivity contribution in [2.45, 2.75) is 38.8 Å². The Balaban J connectivity index is 2.26. The Bertz CT molecular complexity index is 409. The van der Waals surface area contributed by atoms with Gasteiger partial charge in [-0.15, -0.1) is 0 Å². The lowest BCUT2D eigenvalue weighted by atomic mass is 10.0. The number of piperazine rings is 1. The summed E-state index contributed by atoms with van der Waals surface area (Å²) >= 11 is 0. The monoisotopic (exact) mass is 254 g/mol. The molecule has 0 amide bonds. The molecule has 0 aliphatic carbocycles. The van der Waals surface area contributed by atoms with E-state index in [1.807, 2.05) is 0 Å².